The molecule has 0 saturated carbocycles. The van der Waals surface area contributed by atoms with Gasteiger partial charge in [-0.1, -0.05) is 18.2 Å². The first-order valence-corrected chi connectivity index (χ1v) is 5.96. The zero-order valence-corrected chi connectivity index (χ0v) is 10.8. The molecule has 4 nitrogen and oxygen atoms in total. The molecule has 0 unspecified atom stereocenters. The SMILES string of the molecule is Cn1cc(CNCc2ccccc2OC(F)(F)F)cn1. The third-order valence-electron chi connectivity index (χ3n) is 2.60. The van der Waals surface area contributed by atoms with Gasteiger partial charge in [-0.3, -0.25) is 4.68 Å². The number of aryl methyl sites for hydroxylation is 1. The third kappa shape index (κ3) is 4.27. The maximum atomic E-state index is 12.3. The molecule has 1 heterocycles. The Morgan fingerprint density at radius 2 is 2.00 bits per heavy atom. The number of halogens is 3. The minimum absolute atomic E-state index is 0.182. The van der Waals surface area contributed by atoms with Crippen LogP contribution in [0.4, 0.5) is 13.2 Å². The predicted molar refractivity (Wildman–Crippen MR) is 66.9 cm³/mol. The molecule has 0 atom stereocenters. The first-order valence-electron chi connectivity index (χ1n) is 5.96. The van der Waals surface area contributed by atoms with Gasteiger partial charge in [-0.15, -0.1) is 13.2 Å². The minimum atomic E-state index is -4.68. The maximum absolute atomic E-state index is 12.3. The summed E-state index contributed by atoms with van der Waals surface area (Å²) in [6, 6.07) is 6.07. The smallest absolute Gasteiger partial charge is 0.405 e. The number of rotatable bonds is 5. The van der Waals surface area contributed by atoms with E-state index in [0.29, 0.717) is 12.1 Å². The normalized spacial score (nSPS) is 11.6. The van der Waals surface area contributed by atoms with E-state index in [1.165, 1.54) is 12.1 Å². The van der Waals surface area contributed by atoms with E-state index in [1.54, 1.807) is 30.1 Å². The van der Waals surface area contributed by atoms with E-state index in [2.05, 4.69) is 15.2 Å². The summed E-state index contributed by atoms with van der Waals surface area (Å²) in [6.07, 6.45) is -1.14. The van der Waals surface area contributed by atoms with E-state index in [-0.39, 0.29) is 12.3 Å². The van der Waals surface area contributed by atoms with Crippen molar-refractivity contribution < 1.29 is 17.9 Å². The Morgan fingerprint density at radius 1 is 1.25 bits per heavy atom. The van der Waals surface area contributed by atoms with Gasteiger partial charge in [0.15, 0.2) is 0 Å². The van der Waals surface area contributed by atoms with E-state index in [4.69, 9.17) is 0 Å². The molecule has 1 N–H and O–H groups in total. The summed E-state index contributed by atoms with van der Waals surface area (Å²) in [5.74, 6) is -0.182. The lowest BCUT2D eigenvalue weighted by atomic mass is 10.2. The summed E-state index contributed by atoms with van der Waals surface area (Å²) >= 11 is 0. The highest BCUT2D eigenvalue weighted by Crippen LogP contribution is 2.26. The predicted octanol–water partition coefficient (Wildman–Crippen LogP) is 2.61. The Kier molecular flexibility index (Phi) is 4.29. The summed E-state index contributed by atoms with van der Waals surface area (Å²) in [5, 5.41) is 7.07. The number of aromatic nitrogens is 2. The van der Waals surface area contributed by atoms with Crippen LogP contribution >= 0.6 is 0 Å². The molecule has 0 aliphatic rings. The van der Waals surface area contributed by atoms with Crippen LogP contribution in [-0.4, -0.2) is 16.1 Å². The van der Waals surface area contributed by atoms with Crippen molar-refractivity contribution in [2.45, 2.75) is 19.5 Å². The Labute approximate surface area is 114 Å². The second kappa shape index (κ2) is 5.96. The molecule has 20 heavy (non-hydrogen) atoms. The lowest BCUT2D eigenvalue weighted by Gasteiger charge is -2.13. The zero-order valence-electron chi connectivity index (χ0n) is 10.8. The molecule has 0 amide bonds. The molecule has 0 aliphatic carbocycles. The molecular formula is C13H14F3N3O. The van der Waals surface area contributed by atoms with Crippen molar-refractivity contribution in [3.05, 3.63) is 47.8 Å². The molecule has 2 aromatic rings. The van der Waals surface area contributed by atoms with Gasteiger partial charge < -0.3 is 10.1 Å². The van der Waals surface area contributed by atoms with Crippen LogP contribution < -0.4 is 10.1 Å². The standard InChI is InChI=1S/C13H14F3N3O/c1-19-9-10(7-18-19)6-17-8-11-4-2-3-5-12(11)20-13(14,15)16/h2-5,7,9,17H,6,8H2,1H3. The largest absolute Gasteiger partial charge is 0.573 e. The van der Waals surface area contributed by atoms with Crippen molar-refractivity contribution >= 4 is 0 Å². The number of nitrogens with one attached hydrogen (secondary N) is 1. The molecule has 0 radical (unpaired) electrons. The first kappa shape index (κ1) is 14.4. The molecule has 1 aromatic heterocycles. The van der Waals surface area contributed by atoms with Gasteiger partial charge in [0.25, 0.3) is 0 Å². The number of alkyl halides is 3. The van der Waals surface area contributed by atoms with Gasteiger partial charge in [0, 0.05) is 37.5 Å². The molecular weight excluding hydrogens is 271 g/mol. The highest BCUT2D eigenvalue weighted by atomic mass is 19.4. The third-order valence-corrected chi connectivity index (χ3v) is 2.60. The highest BCUT2D eigenvalue weighted by Gasteiger charge is 2.31. The first-order chi connectivity index (χ1) is 9.44. The molecule has 7 heteroatoms. The van der Waals surface area contributed by atoms with E-state index in [9.17, 15) is 13.2 Å². The average Bonchev–Trinajstić information content (AvgIpc) is 2.75. The summed E-state index contributed by atoms with van der Waals surface area (Å²) in [6.45, 7) is 0.801. The Balaban J connectivity index is 1.95. The van der Waals surface area contributed by atoms with Crippen LogP contribution in [-0.2, 0) is 20.1 Å². The Bertz CT molecular complexity index is 566. The Hall–Kier alpha value is -2.02. The monoisotopic (exact) mass is 285 g/mol. The molecule has 0 saturated heterocycles. The van der Waals surface area contributed by atoms with Crippen molar-refractivity contribution in [3.63, 3.8) is 0 Å². The minimum Gasteiger partial charge on any atom is -0.405 e. The van der Waals surface area contributed by atoms with Crippen LogP contribution in [0.1, 0.15) is 11.1 Å². The number of benzene rings is 1. The van der Waals surface area contributed by atoms with E-state index in [1.807, 2.05) is 6.20 Å². The topological polar surface area (TPSA) is 39.1 Å². The van der Waals surface area contributed by atoms with Gasteiger partial charge in [-0.25, -0.2) is 0 Å². The van der Waals surface area contributed by atoms with Crippen molar-refractivity contribution in [1.82, 2.24) is 15.1 Å². The quantitative estimate of drug-likeness (QED) is 0.918. The van der Waals surface area contributed by atoms with Crippen LogP contribution in [0, 0.1) is 0 Å². The molecule has 0 spiro atoms. The van der Waals surface area contributed by atoms with E-state index >= 15 is 0 Å². The van der Waals surface area contributed by atoms with E-state index in [0.717, 1.165) is 5.56 Å². The van der Waals surface area contributed by atoms with Crippen molar-refractivity contribution in [1.29, 1.82) is 0 Å². The van der Waals surface area contributed by atoms with Crippen LogP contribution in [0.5, 0.6) is 5.75 Å². The second-order valence-electron chi connectivity index (χ2n) is 4.28. The maximum Gasteiger partial charge on any atom is 0.573 e. The van der Waals surface area contributed by atoms with Crippen molar-refractivity contribution in [2.75, 3.05) is 0 Å². The average molecular weight is 285 g/mol. The van der Waals surface area contributed by atoms with Gasteiger partial charge in [0.2, 0.25) is 0 Å². The number of nitrogens with zero attached hydrogens (tertiary/aromatic N) is 2. The number of hydrogen-bond donors (Lipinski definition) is 1. The fourth-order valence-electron chi connectivity index (χ4n) is 1.78. The molecule has 0 bridgehead atoms. The number of para-hydroxylation sites is 1. The summed E-state index contributed by atoms with van der Waals surface area (Å²) in [7, 11) is 1.80. The van der Waals surface area contributed by atoms with E-state index < -0.39 is 6.36 Å². The van der Waals surface area contributed by atoms with Crippen LogP contribution in [0.25, 0.3) is 0 Å². The fourth-order valence-corrected chi connectivity index (χ4v) is 1.78. The van der Waals surface area contributed by atoms with Gasteiger partial charge in [0.05, 0.1) is 6.20 Å². The number of ether oxygens (including phenoxy) is 1. The molecule has 1 aromatic carbocycles. The summed E-state index contributed by atoms with van der Waals surface area (Å²) in [5.41, 5.74) is 1.41. The van der Waals surface area contributed by atoms with Crippen LogP contribution in [0.2, 0.25) is 0 Å². The van der Waals surface area contributed by atoms with Crippen LogP contribution in [0.15, 0.2) is 36.7 Å². The fraction of sp³-hybridized carbons (Fsp3) is 0.308. The number of hydrogen-bond acceptors (Lipinski definition) is 3. The van der Waals surface area contributed by atoms with Crippen molar-refractivity contribution in [3.8, 4) is 5.75 Å². The lowest BCUT2D eigenvalue weighted by Crippen LogP contribution is -2.20. The van der Waals surface area contributed by atoms with Crippen LogP contribution in [0.3, 0.4) is 0 Å². The van der Waals surface area contributed by atoms with Gasteiger partial charge in [-0.05, 0) is 6.07 Å². The highest BCUT2D eigenvalue weighted by molar-refractivity contribution is 5.33. The lowest BCUT2D eigenvalue weighted by molar-refractivity contribution is -0.274. The molecule has 0 aliphatic heterocycles. The van der Waals surface area contributed by atoms with Gasteiger partial charge >= 0.3 is 6.36 Å². The van der Waals surface area contributed by atoms with Gasteiger partial charge in [0.1, 0.15) is 5.75 Å². The Morgan fingerprint density at radius 3 is 2.65 bits per heavy atom. The van der Waals surface area contributed by atoms with Gasteiger partial charge in [-0.2, -0.15) is 5.10 Å². The summed E-state index contributed by atoms with van der Waals surface area (Å²) < 4.78 is 42.4. The zero-order chi connectivity index (χ0) is 14.6. The summed E-state index contributed by atoms with van der Waals surface area (Å²) in [4.78, 5) is 0. The molecule has 0 fully saturated rings. The second-order valence-corrected chi connectivity index (χ2v) is 4.28. The van der Waals surface area contributed by atoms with Crippen molar-refractivity contribution in [2.24, 2.45) is 7.05 Å². The molecule has 108 valence electrons. The molecule has 2 rings (SSSR count).